The maximum absolute atomic E-state index is 13.7. The van der Waals surface area contributed by atoms with E-state index >= 15 is 0 Å². The maximum atomic E-state index is 13.7. The van der Waals surface area contributed by atoms with Crippen LogP contribution in [0.1, 0.15) is 43.0 Å². The minimum absolute atomic E-state index is 0.204. The second kappa shape index (κ2) is 5.31. The average molecular weight is 309 g/mol. The Morgan fingerprint density at radius 2 is 2.24 bits per heavy atom. The summed E-state index contributed by atoms with van der Waals surface area (Å²) in [4.78, 5) is 12.5. The molecule has 1 heterocycles. The zero-order valence-electron chi connectivity index (χ0n) is 11.8. The highest BCUT2D eigenvalue weighted by Gasteiger charge is 2.29. The molecular formula is C14H16FN3O2S. The Kier molecular flexibility index (Phi) is 3.62. The molecule has 1 aliphatic carbocycles. The van der Waals surface area contributed by atoms with Gasteiger partial charge in [0.15, 0.2) is 5.16 Å². The van der Waals surface area contributed by atoms with E-state index in [9.17, 15) is 14.3 Å². The molecular weight excluding hydrogens is 293 g/mol. The molecule has 0 bridgehead atoms. The Bertz CT molecular complexity index is 734. The van der Waals surface area contributed by atoms with Crippen molar-refractivity contribution in [1.29, 1.82) is 0 Å². The highest BCUT2D eigenvalue weighted by atomic mass is 32.2. The summed E-state index contributed by atoms with van der Waals surface area (Å²) in [7, 11) is 0. The lowest BCUT2D eigenvalue weighted by Crippen LogP contribution is -2.16. The Labute approximate surface area is 125 Å². The summed E-state index contributed by atoms with van der Waals surface area (Å²) in [6.45, 7) is 3.26. The SMILES string of the molecule is Cc1cc(Sc2n[nH]c(=O)n2C2CC2)c([C@H](C)O)cc1F. The number of H-pyrrole nitrogens is 1. The topological polar surface area (TPSA) is 70.9 Å². The number of hydrogen-bond donors (Lipinski definition) is 2. The van der Waals surface area contributed by atoms with Crippen molar-refractivity contribution in [2.45, 2.75) is 48.9 Å². The third-order valence-electron chi connectivity index (χ3n) is 3.53. The maximum Gasteiger partial charge on any atom is 0.344 e. The Morgan fingerprint density at radius 1 is 1.52 bits per heavy atom. The normalized spacial score (nSPS) is 16.2. The quantitative estimate of drug-likeness (QED) is 0.910. The van der Waals surface area contributed by atoms with Crippen molar-refractivity contribution in [1.82, 2.24) is 14.8 Å². The predicted octanol–water partition coefficient (Wildman–Crippen LogP) is 2.56. The highest BCUT2D eigenvalue weighted by molar-refractivity contribution is 7.99. The van der Waals surface area contributed by atoms with E-state index < -0.39 is 6.10 Å². The van der Waals surface area contributed by atoms with Gasteiger partial charge in [-0.3, -0.25) is 4.57 Å². The largest absolute Gasteiger partial charge is 0.389 e. The number of hydrogen-bond acceptors (Lipinski definition) is 4. The van der Waals surface area contributed by atoms with Crippen molar-refractivity contribution in [3.63, 3.8) is 0 Å². The molecule has 0 saturated heterocycles. The van der Waals surface area contributed by atoms with Crippen LogP contribution in [0.4, 0.5) is 4.39 Å². The first-order chi connectivity index (χ1) is 9.97. The average Bonchev–Trinajstić information content (AvgIpc) is 3.18. The van der Waals surface area contributed by atoms with Crippen molar-refractivity contribution in [3.05, 3.63) is 39.6 Å². The van der Waals surface area contributed by atoms with E-state index in [0.717, 1.165) is 12.8 Å². The number of aliphatic hydroxyl groups excluding tert-OH is 1. The van der Waals surface area contributed by atoms with E-state index in [1.807, 2.05) is 0 Å². The van der Waals surface area contributed by atoms with Crippen LogP contribution >= 0.6 is 11.8 Å². The molecule has 3 rings (SSSR count). The molecule has 0 radical (unpaired) electrons. The molecule has 1 saturated carbocycles. The van der Waals surface area contributed by atoms with Crippen molar-refractivity contribution in [3.8, 4) is 0 Å². The van der Waals surface area contributed by atoms with Gasteiger partial charge >= 0.3 is 5.69 Å². The number of nitrogens with one attached hydrogen (secondary N) is 1. The van der Waals surface area contributed by atoms with Crippen LogP contribution in [0.3, 0.4) is 0 Å². The molecule has 0 unspecified atom stereocenters. The lowest BCUT2D eigenvalue weighted by atomic mass is 10.1. The predicted molar refractivity (Wildman–Crippen MR) is 77.0 cm³/mol. The van der Waals surface area contributed by atoms with Crippen molar-refractivity contribution in [2.75, 3.05) is 0 Å². The van der Waals surface area contributed by atoms with E-state index in [1.165, 1.54) is 17.8 Å². The van der Waals surface area contributed by atoms with Crippen molar-refractivity contribution >= 4 is 11.8 Å². The Morgan fingerprint density at radius 3 is 2.86 bits per heavy atom. The zero-order chi connectivity index (χ0) is 15.1. The van der Waals surface area contributed by atoms with Crippen LogP contribution in [-0.4, -0.2) is 19.9 Å². The van der Waals surface area contributed by atoms with Crippen molar-refractivity contribution in [2.24, 2.45) is 0 Å². The summed E-state index contributed by atoms with van der Waals surface area (Å²) in [5.41, 5.74) is 0.774. The second-order valence-electron chi connectivity index (χ2n) is 5.33. The number of halogens is 1. The van der Waals surface area contributed by atoms with E-state index in [-0.39, 0.29) is 17.5 Å². The third kappa shape index (κ3) is 2.75. The van der Waals surface area contributed by atoms with Gasteiger partial charge in [-0.2, -0.15) is 0 Å². The van der Waals surface area contributed by atoms with Gasteiger partial charge in [0.1, 0.15) is 5.82 Å². The van der Waals surface area contributed by atoms with E-state index in [0.29, 0.717) is 21.2 Å². The molecule has 0 amide bonds. The monoisotopic (exact) mass is 309 g/mol. The van der Waals surface area contributed by atoms with Gasteiger partial charge in [0.2, 0.25) is 0 Å². The summed E-state index contributed by atoms with van der Waals surface area (Å²) in [6.07, 6.45) is 1.15. The number of nitrogens with zero attached hydrogens (tertiary/aromatic N) is 2. The van der Waals surface area contributed by atoms with Gasteiger partial charge in [-0.05, 0) is 61.7 Å². The summed E-state index contributed by atoms with van der Waals surface area (Å²) in [5, 5.41) is 16.9. The fraction of sp³-hybridized carbons (Fsp3) is 0.429. The molecule has 1 atom stereocenters. The first-order valence-corrected chi connectivity index (χ1v) is 7.62. The van der Waals surface area contributed by atoms with Crippen LogP contribution < -0.4 is 5.69 Å². The van der Waals surface area contributed by atoms with Gasteiger partial charge in [0, 0.05) is 10.9 Å². The summed E-state index contributed by atoms with van der Waals surface area (Å²) in [6, 6.07) is 3.22. The fourth-order valence-electron chi connectivity index (χ4n) is 2.20. The molecule has 2 aromatic rings. The molecule has 1 aromatic carbocycles. The van der Waals surface area contributed by atoms with E-state index in [2.05, 4.69) is 10.2 Å². The number of aryl methyl sites for hydroxylation is 1. The fourth-order valence-corrected chi connectivity index (χ4v) is 3.40. The van der Waals surface area contributed by atoms with Crippen LogP contribution in [0, 0.1) is 12.7 Å². The zero-order valence-corrected chi connectivity index (χ0v) is 12.6. The van der Waals surface area contributed by atoms with E-state index in [1.54, 1.807) is 24.5 Å². The van der Waals surface area contributed by atoms with Gasteiger partial charge in [-0.15, -0.1) is 5.10 Å². The van der Waals surface area contributed by atoms with Gasteiger partial charge < -0.3 is 5.11 Å². The lowest BCUT2D eigenvalue weighted by molar-refractivity contribution is 0.196. The molecule has 7 heteroatoms. The van der Waals surface area contributed by atoms with Gasteiger partial charge in [0.05, 0.1) is 6.10 Å². The number of benzene rings is 1. The van der Waals surface area contributed by atoms with Crippen LogP contribution in [-0.2, 0) is 0 Å². The summed E-state index contributed by atoms with van der Waals surface area (Å²) >= 11 is 1.28. The van der Waals surface area contributed by atoms with Gasteiger partial charge in [0.25, 0.3) is 0 Å². The summed E-state index contributed by atoms with van der Waals surface area (Å²) < 4.78 is 15.3. The number of rotatable bonds is 4. The molecule has 1 aromatic heterocycles. The summed E-state index contributed by atoms with van der Waals surface area (Å²) in [5.74, 6) is -0.350. The minimum Gasteiger partial charge on any atom is -0.389 e. The first-order valence-electron chi connectivity index (χ1n) is 6.80. The minimum atomic E-state index is -0.789. The molecule has 2 N–H and O–H groups in total. The molecule has 5 nitrogen and oxygen atoms in total. The third-order valence-corrected chi connectivity index (χ3v) is 4.57. The lowest BCUT2D eigenvalue weighted by Gasteiger charge is -2.13. The smallest absolute Gasteiger partial charge is 0.344 e. The molecule has 21 heavy (non-hydrogen) atoms. The Balaban J connectivity index is 2.02. The molecule has 112 valence electrons. The number of aromatic nitrogens is 3. The molecule has 1 aliphatic rings. The first kappa shape index (κ1) is 14.3. The second-order valence-corrected chi connectivity index (χ2v) is 6.34. The van der Waals surface area contributed by atoms with Gasteiger partial charge in [-0.1, -0.05) is 0 Å². The van der Waals surface area contributed by atoms with Crippen LogP contribution in [0.2, 0.25) is 0 Å². The van der Waals surface area contributed by atoms with Crippen LogP contribution in [0.5, 0.6) is 0 Å². The molecule has 0 aliphatic heterocycles. The molecule has 0 spiro atoms. The molecule has 1 fully saturated rings. The standard InChI is InChI=1S/C14H16FN3O2S/c1-7-5-12(10(8(2)19)6-11(7)15)21-14-17-16-13(20)18(14)9-3-4-9/h5-6,8-9,19H,3-4H2,1-2H3,(H,16,20)/t8-/m0/s1. The Hall–Kier alpha value is -1.60. The van der Waals surface area contributed by atoms with Gasteiger partial charge in [-0.25, -0.2) is 14.3 Å². The van der Waals surface area contributed by atoms with Crippen LogP contribution in [0.25, 0.3) is 0 Å². The van der Waals surface area contributed by atoms with Crippen molar-refractivity contribution < 1.29 is 9.50 Å². The highest BCUT2D eigenvalue weighted by Crippen LogP contribution is 2.39. The van der Waals surface area contributed by atoms with E-state index in [4.69, 9.17) is 0 Å². The number of aliphatic hydroxyl groups is 1. The van der Waals surface area contributed by atoms with Crippen LogP contribution in [0.15, 0.2) is 27.0 Å². The number of aromatic amines is 1.